The molecule has 0 spiro atoms. The number of carbonyl (C=O) groups excluding carboxylic acids is 1. The zero-order valence-electron chi connectivity index (χ0n) is 11.7. The lowest BCUT2D eigenvalue weighted by atomic mass is 10.1. The van der Waals surface area contributed by atoms with E-state index in [1.165, 1.54) is 11.1 Å². The Hall–Kier alpha value is -2.09. The summed E-state index contributed by atoms with van der Waals surface area (Å²) in [4.78, 5) is 12.2. The van der Waals surface area contributed by atoms with Crippen LogP contribution in [0.25, 0.3) is 0 Å². The van der Waals surface area contributed by atoms with Crippen LogP contribution >= 0.6 is 0 Å². The van der Waals surface area contributed by atoms with E-state index in [1.54, 1.807) is 0 Å². The molecule has 1 amide bonds. The molecule has 0 radical (unpaired) electrons. The topological polar surface area (TPSA) is 29.1 Å². The number of anilines is 1. The minimum Gasteiger partial charge on any atom is -0.326 e. The van der Waals surface area contributed by atoms with Crippen LogP contribution in [0.15, 0.2) is 54.6 Å². The van der Waals surface area contributed by atoms with Gasteiger partial charge in [0.15, 0.2) is 0 Å². The summed E-state index contributed by atoms with van der Waals surface area (Å²) in [6, 6.07) is 18.4. The average Bonchev–Trinajstić information content (AvgIpc) is 3.29. The van der Waals surface area contributed by atoms with Gasteiger partial charge in [0.1, 0.15) is 0 Å². The van der Waals surface area contributed by atoms with Crippen LogP contribution < -0.4 is 5.32 Å². The zero-order chi connectivity index (χ0) is 13.9. The molecule has 1 saturated carbocycles. The van der Waals surface area contributed by atoms with Crippen molar-refractivity contribution < 1.29 is 4.79 Å². The van der Waals surface area contributed by atoms with E-state index >= 15 is 0 Å². The van der Waals surface area contributed by atoms with Crippen molar-refractivity contribution in [3.63, 3.8) is 0 Å². The lowest BCUT2D eigenvalue weighted by Gasteiger charge is -2.06. The molecule has 2 aromatic rings. The molecule has 1 N–H and O–H groups in total. The zero-order valence-corrected chi connectivity index (χ0v) is 11.7. The Balaban J connectivity index is 1.64. The lowest BCUT2D eigenvalue weighted by Crippen LogP contribution is -2.14. The van der Waals surface area contributed by atoms with Gasteiger partial charge in [-0.05, 0) is 42.0 Å². The summed E-state index contributed by atoms with van der Waals surface area (Å²) in [6.07, 6.45) is 1.95. The molecule has 2 aromatic carbocycles. The number of rotatable bonds is 4. The number of carbonyl (C=O) groups is 1. The smallest absolute Gasteiger partial charge is 0.228 e. The van der Waals surface area contributed by atoms with Gasteiger partial charge in [0, 0.05) is 11.6 Å². The van der Waals surface area contributed by atoms with E-state index < -0.39 is 0 Å². The van der Waals surface area contributed by atoms with Crippen molar-refractivity contribution in [2.45, 2.75) is 25.7 Å². The summed E-state index contributed by atoms with van der Waals surface area (Å²) in [7, 11) is 0. The normalized spacial score (nSPS) is 20.4. The van der Waals surface area contributed by atoms with Crippen LogP contribution in [-0.2, 0) is 11.2 Å². The van der Waals surface area contributed by atoms with E-state index in [4.69, 9.17) is 0 Å². The van der Waals surface area contributed by atoms with E-state index in [2.05, 4.69) is 36.5 Å². The quantitative estimate of drug-likeness (QED) is 0.889. The molecule has 1 aliphatic rings. The molecule has 0 unspecified atom stereocenters. The second kappa shape index (κ2) is 5.49. The second-order valence-corrected chi connectivity index (χ2v) is 5.40. The van der Waals surface area contributed by atoms with Crippen LogP contribution in [0.3, 0.4) is 0 Å². The van der Waals surface area contributed by atoms with Crippen LogP contribution in [0.1, 0.15) is 30.4 Å². The van der Waals surface area contributed by atoms with Crippen molar-refractivity contribution >= 4 is 11.6 Å². The van der Waals surface area contributed by atoms with Gasteiger partial charge in [0.05, 0.1) is 0 Å². The highest BCUT2D eigenvalue weighted by Crippen LogP contribution is 2.47. The molecular weight excluding hydrogens is 246 g/mol. The van der Waals surface area contributed by atoms with Gasteiger partial charge in [0.2, 0.25) is 5.91 Å². The SMILES string of the molecule is CCc1cccc(NC(=O)[C@@H]2C[C@@H]2c2ccccc2)c1. The molecule has 20 heavy (non-hydrogen) atoms. The minimum absolute atomic E-state index is 0.127. The highest BCUT2D eigenvalue weighted by molar-refractivity contribution is 5.95. The van der Waals surface area contributed by atoms with Gasteiger partial charge >= 0.3 is 0 Å². The maximum absolute atomic E-state index is 12.2. The Labute approximate surface area is 119 Å². The Kier molecular flexibility index (Phi) is 3.55. The fraction of sp³-hybridized carbons (Fsp3) is 0.278. The molecule has 2 nitrogen and oxygen atoms in total. The van der Waals surface area contributed by atoms with Gasteiger partial charge in [-0.2, -0.15) is 0 Å². The Morgan fingerprint density at radius 3 is 2.70 bits per heavy atom. The summed E-state index contributed by atoms with van der Waals surface area (Å²) >= 11 is 0. The third kappa shape index (κ3) is 2.74. The van der Waals surface area contributed by atoms with Crippen LogP contribution in [0.5, 0.6) is 0 Å². The Morgan fingerprint density at radius 2 is 1.95 bits per heavy atom. The summed E-state index contributed by atoms with van der Waals surface area (Å²) in [6.45, 7) is 2.12. The summed E-state index contributed by atoms with van der Waals surface area (Å²) in [5.74, 6) is 0.667. The minimum atomic E-state index is 0.127. The molecular formula is C18H19NO. The number of hydrogen-bond acceptors (Lipinski definition) is 1. The lowest BCUT2D eigenvalue weighted by molar-refractivity contribution is -0.117. The summed E-state index contributed by atoms with van der Waals surface area (Å²) < 4.78 is 0. The van der Waals surface area contributed by atoms with Gasteiger partial charge in [-0.1, -0.05) is 49.4 Å². The fourth-order valence-corrected chi connectivity index (χ4v) is 2.66. The Bertz CT molecular complexity index is 606. The Morgan fingerprint density at radius 1 is 1.15 bits per heavy atom. The first kappa shape index (κ1) is 12.9. The van der Waals surface area contributed by atoms with Gasteiger partial charge in [-0.25, -0.2) is 0 Å². The third-order valence-corrected chi connectivity index (χ3v) is 3.96. The molecule has 102 valence electrons. The first-order valence-corrected chi connectivity index (χ1v) is 7.22. The number of benzene rings is 2. The van der Waals surface area contributed by atoms with Crippen molar-refractivity contribution in [3.8, 4) is 0 Å². The molecule has 1 fully saturated rings. The first-order chi connectivity index (χ1) is 9.78. The van der Waals surface area contributed by atoms with Crippen LogP contribution in [-0.4, -0.2) is 5.91 Å². The van der Waals surface area contributed by atoms with Gasteiger partial charge in [0.25, 0.3) is 0 Å². The summed E-state index contributed by atoms with van der Waals surface area (Å²) in [5.41, 5.74) is 3.43. The maximum atomic E-state index is 12.2. The van der Waals surface area contributed by atoms with E-state index in [0.717, 1.165) is 18.5 Å². The first-order valence-electron chi connectivity index (χ1n) is 7.22. The van der Waals surface area contributed by atoms with Crippen molar-refractivity contribution in [2.75, 3.05) is 5.32 Å². The maximum Gasteiger partial charge on any atom is 0.228 e. The van der Waals surface area contributed by atoms with Crippen molar-refractivity contribution in [2.24, 2.45) is 5.92 Å². The third-order valence-electron chi connectivity index (χ3n) is 3.96. The molecule has 0 saturated heterocycles. The van der Waals surface area contributed by atoms with Crippen LogP contribution in [0.2, 0.25) is 0 Å². The molecule has 0 heterocycles. The summed E-state index contributed by atoms with van der Waals surface area (Å²) in [5, 5.41) is 3.04. The highest BCUT2D eigenvalue weighted by atomic mass is 16.2. The number of nitrogens with one attached hydrogen (secondary N) is 1. The molecule has 2 atom stereocenters. The fourth-order valence-electron chi connectivity index (χ4n) is 2.66. The van der Waals surface area contributed by atoms with Gasteiger partial charge in [-0.3, -0.25) is 4.79 Å². The van der Waals surface area contributed by atoms with Gasteiger partial charge in [-0.15, -0.1) is 0 Å². The number of hydrogen-bond donors (Lipinski definition) is 1. The highest BCUT2D eigenvalue weighted by Gasteiger charge is 2.43. The molecule has 2 heteroatoms. The molecule has 0 aromatic heterocycles. The predicted octanol–water partition coefficient (Wildman–Crippen LogP) is 3.99. The molecule has 0 bridgehead atoms. The van der Waals surface area contributed by atoms with Crippen molar-refractivity contribution in [1.82, 2.24) is 0 Å². The molecule has 0 aliphatic heterocycles. The van der Waals surface area contributed by atoms with E-state index in [-0.39, 0.29) is 11.8 Å². The van der Waals surface area contributed by atoms with E-state index in [0.29, 0.717) is 5.92 Å². The van der Waals surface area contributed by atoms with Crippen LogP contribution in [0.4, 0.5) is 5.69 Å². The monoisotopic (exact) mass is 265 g/mol. The largest absolute Gasteiger partial charge is 0.326 e. The van der Waals surface area contributed by atoms with Crippen molar-refractivity contribution in [1.29, 1.82) is 0 Å². The second-order valence-electron chi connectivity index (χ2n) is 5.40. The van der Waals surface area contributed by atoms with E-state index in [9.17, 15) is 4.79 Å². The average molecular weight is 265 g/mol. The van der Waals surface area contributed by atoms with Gasteiger partial charge < -0.3 is 5.32 Å². The van der Waals surface area contributed by atoms with E-state index in [1.807, 2.05) is 30.3 Å². The predicted molar refractivity (Wildman–Crippen MR) is 81.7 cm³/mol. The molecule has 1 aliphatic carbocycles. The van der Waals surface area contributed by atoms with Crippen molar-refractivity contribution in [3.05, 3.63) is 65.7 Å². The standard InChI is InChI=1S/C18H19NO/c1-2-13-7-6-10-15(11-13)19-18(20)17-12-16(17)14-8-4-3-5-9-14/h3-11,16-17H,2,12H2,1H3,(H,19,20)/t16-,17-/m1/s1. The van der Waals surface area contributed by atoms with Crippen LogP contribution in [0, 0.1) is 5.92 Å². The molecule has 3 rings (SSSR count). The number of aryl methyl sites for hydroxylation is 1. The number of amides is 1.